The minimum atomic E-state index is -0.708. The number of hydrogen-bond donors (Lipinski definition) is 3. The number of anilines is 1. The molecule has 0 saturated heterocycles. The number of allylic oxidation sites excluding steroid dienone is 1. The Hall–Kier alpha value is -3.30. The Morgan fingerprint density at radius 2 is 1.88 bits per heavy atom. The maximum Gasteiger partial charge on any atom is 0.339 e. The molecule has 180 valence electrons. The summed E-state index contributed by atoms with van der Waals surface area (Å²) in [4.78, 5) is 25.7. The Labute approximate surface area is 208 Å². The lowest BCUT2D eigenvalue weighted by Crippen LogP contribution is -2.46. The van der Waals surface area contributed by atoms with Gasteiger partial charge in [0.1, 0.15) is 0 Å². The van der Waals surface area contributed by atoms with Crippen LogP contribution in [0.5, 0.6) is 11.5 Å². The maximum atomic E-state index is 13.6. The van der Waals surface area contributed by atoms with Gasteiger partial charge in [-0.1, -0.05) is 23.7 Å². The molecule has 0 bridgehead atoms. The number of methoxy groups -OCH3 is 2. The van der Waals surface area contributed by atoms with E-state index in [9.17, 15) is 9.59 Å². The second-order valence-corrected chi connectivity index (χ2v) is 8.60. The van der Waals surface area contributed by atoms with E-state index >= 15 is 0 Å². The molecule has 1 aliphatic heterocycles. The van der Waals surface area contributed by atoms with Crippen LogP contribution in [0.25, 0.3) is 0 Å². The van der Waals surface area contributed by atoms with Crippen LogP contribution in [0.3, 0.4) is 0 Å². The number of ether oxygens (including phenoxy) is 3. The van der Waals surface area contributed by atoms with Gasteiger partial charge in [0, 0.05) is 22.3 Å². The fourth-order valence-corrected chi connectivity index (χ4v) is 4.10. The number of amides is 1. The number of carbonyl (C=O) groups excluding carboxylic acids is 2. The van der Waals surface area contributed by atoms with E-state index in [1.165, 1.54) is 14.2 Å². The minimum Gasteiger partial charge on any atom is -0.493 e. The standard InChI is InChI=1S/C24H26ClN3O5S/c1-12(2)33-21-16(10-14(25)11-18(21)31-4)20-19(13(3)26-24(34)28-20)22(29)27-17-9-7-6-8-15(17)23(30)32-5/h6-12,20H,1-5H3,(H,27,29)(H2,26,28,34)/t20-/m1/s1. The van der Waals surface area contributed by atoms with Crippen LogP contribution < -0.4 is 25.4 Å². The molecule has 1 amide bonds. The predicted molar refractivity (Wildman–Crippen MR) is 134 cm³/mol. The number of hydrogen-bond acceptors (Lipinski definition) is 6. The van der Waals surface area contributed by atoms with Gasteiger partial charge in [0.15, 0.2) is 16.6 Å². The molecule has 0 radical (unpaired) electrons. The van der Waals surface area contributed by atoms with Gasteiger partial charge in [-0.3, -0.25) is 4.79 Å². The molecule has 0 saturated carbocycles. The van der Waals surface area contributed by atoms with E-state index in [1.807, 2.05) is 13.8 Å². The molecule has 34 heavy (non-hydrogen) atoms. The molecule has 0 fully saturated rings. The van der Waals surface area contributed by atoms with E-state index < -0.39 is 17.9 Å². The van der Waals surface area contributed by atoms with Crippen molar-refractivity contribution >= 4 is 46.5 Å². The fourth-order valence-electron chi connectivity index (χ4n) is 3.61. The van der Waals surface area contributed by atoms with E-state index in [0.29, 0.717) is 44.2 Å². The summed E-state index contributed by atoms with van der Waals surface area (Å²) in [7, 11) is 2.80. The summed E-state index contributed by atoms with van der Waals surface area (Å²) < 4.78 is 16.4. The first-order chi connectivity index (χ1) is 16.2. The van der Waals surface area contributed by atoms with Gasteiger partial charge in [-0.2, -0.15) is 0 Å². The molecule has 2 aromatic carbocycles. The van der Waals surface area contributed by atoms with Gasteiger partial charge in [-0.05, 0) is 51.2 Å². The average molecular weight is 504 g/mol. The van der Waals surface area contributed by atoms with Crippen molar-refractivity contribution in [1.82, 2.24) is 10.6 Å². The Morgan fingerprint density at radius 1 is 1.18 bits per heavy atom. The van der Waals surface area contributed by atoms with E-state index in [-0.39, 0.29) is 11.7 Å². The lowest BCUT2D eigenvalue weighted by molar-refractivity contribution is -0.113. The Bertz CT molecular complexity index is 1170. The van der Waals surface area contributed by atoms with Crippen molar-refractivity contribution in [2.75, 3.05) is 19.5 Å². The highest BCUT2D eigenvalue weighted by Gasteiger charge is 2.34. The first-order valence-corrected chi connectivity index (χ1v) is 11.3. The minimum absolute atomic E-state index is 0.170. The quantitative estimate of drug-likeness (QED) is 0.379. The fraction of sp³-hybridized carbons (Fsp3) is 0.292. The number of benzene rings is 2. The van der Waals surface area contributed by atoms with E-state index in [0.717, 1.165) is 0 Å². The molecule has 0 unspecified atom stereocenters. The van der Waals surface area contributed by atoms with Crippen LogP contribution >= 0.6 is 23.8 Å². The largest absolute Gasteiger partial charge is 0.493 e. The first-order valence-electron chi connectivity index (χ1n) is 10.5. The molecule has 8 nitrogen and oxygen atoms in total. The zero-order valence-electron chi connectivity index (χ0n) is 19.4. The summed E-state index contributed by atoms with van der Waals surface area (Å²) in [6.45, 7) is 5.51. The summed E-state index contributed by atoms with van der Waals surface area (Å²) in [6, 6.07) is 9.23. The van der Waals surface area contributed by atoms with Gasteiger partial charge in [0.05, 0.1) is 43.2 Å². The summed E-state index contributed by atoms with van der Waals surface area (Å²) in [6.07, 6.45) is -0.170. The smallest absolute Gasteiger partial charge is 0.339 e. The highest BCUT2D eigenvalue weighted by atomic mass is 35.5. The number of halogens is 1. The van der Waals surface area contributed by atoms with Gasteiger partial charge in [0.25, 0.3) is 5.91 Å². The molecule has 1 heterocycles. The normalized spacial score (nSPS) is 15.4. The Kier molecular flexibility index (Phi) is 8.01. The topological polar surface area (TPSA) is 97.9 Å². The Morgan fingerprint density at radius 3 is 2.53 bits per heavy atom. The number of rotatable bonds is 7. The molecule has 10 heteroatoms. The lowest BCUT2D eigenvalue weighted by atomic mass is 9.93. The summed E-state index contributed by atoms with van der Waals surface area (Å²) in [5.41, 5.74) is 2.00. The van der Waals surface area contributed by atoms with E-state index in [2.05, 4.69) is 16.0 Å². The van der Waals surface area contributed by atoms with Gasteiger partial charge in [-0.15, -0.1) is 0 Å². The van der Waals surface area contributed by atoms with Crippen LogP contribution in [0, 0.1) is 0 Å². The monoisotopic (exact) mass is 503 g/mol. The molecule has 0 aliphatic carbocycles. The molecule has 0 aromatic heterocycles. The van der Waals surface area contributed by atoms with Gasteiger partial charge >= 0.3 is 5.97 Å². The third-order valence-corrected chi connectivity index (χ3v) is 5.47. The molecule has 2 aromatic rings. The first kappa shape index (κ1) is 25.3. The highest BCUT2D eigenvalue weighted by molar-refractivity contribution is 7.80. The van der Waals surface area contributed by atoms with Crippen molar-refractivity contribution < 1.29 is 23.8 Å². The van der Waals surface area contributed by atoms with E-state index in [4.69, 9.17) is 38.0 Å². The SMILES string of the molecule is COC(=O)c1ccccc1NC(=O)C1=C(C)NC(=S)N[C@@H]1c1cc(Cl)cc(OC)c1OC(C)C. The third kappa shape index (κ3) is 5.43. The highest BCUT2D eigenvalue weighted by Crippen LogP contribution is 2.42. The molecule has 1 aliphatic rings. The number of para-hydroxylation sites is 1. The van der Waals surface area contributed by atoms with Crippen LogP contribution in [-0.4, -0.2) is 37.3 Å². The number of carbonyl (C=O) groups is 2. The van der Waals surface area contributed by atoms with Crippen molar-refractivity contribution in [1.29, 1.82) is 0 Å². The zero-order chi connectivity index (χ0) is 25.0. The van der Waals surface area contributed by atoms with Crippen molar-refractivity contribution in [2.24, 2.45) is 0 Å². The number of esters is 1. The number of nitrogens with one attached hydrogen (secondary N) is 3. The van der Waals surface area contributed by atoms with Gasteiger partial charge in [0.2, 0.25) is 0 Å². The van der Waals surface area contributed by atoms with Gasteiger partial charge < -0.3 is 30.2 Å². The molecule has 3 rings (SSSR count). The number of thiocarbonyl (C=S) groups is 1. The lowest BCUT2D eigenvalue weighted by Gasteiger charge is -2.32. The third-order valence-electron chi connectivity index (χ3n) is 5.03. The second-order valence-electron chi connectivity index (χ2n) is 7.75. The average Bonchev–Trinajstić information content (AvgIpc) is 2.78. The molecule has 3 N–H and O–H groups in total. The molecular weight excluding hydrogens is 478 g/mol. The van der Waals surface area contributed by atoms with Crippen LogP contribution in [0.4, 0.5) is 5.69 Å². The van der Waals surface area contributed by atoms with Crippen LogP contribution in [0.1, 0.15) is 42.7 Å². The van der Waals surface area contributed by atoms with Crippen LogP contribution in [0.15, 0.2) is 47.7 Å². The second kappa shape index (κ2) is 10.8. The van der Waals surface area contributed by atoms with Crippen LogP contribution in [-0.2, 0) is 9.53 Å². The zero-order valence-corrected chi connectivity index (χ0v) is 21.0. The van der Waals surface area contributed by atoms with Crippen molar-refractivity contribution in [3.63, 3.8) is 0 Å². The van der Waals surface area contributed by atoms with Gasteiger partial charge in [-0.25, -0.2) is 4.79 Å². The summed E-state index contributed by atoms with van der Waals surface area (Å²) in [5.74, 6) is -0.143. The van der Waals surface area contributed by atoms with Crippen molar-refractivity contribution in [3.05, 3.63) is 63.8 Å². The predicted octanol–water partition coefficient (Wildman–Crippen LogP) is 4.35. The molecule has 1 atom stereocenters. The Balaban J connectivity index is 2.10. The summed E-state index contributed by atoms with van der Waals surface area (Å²) >= 11 is 11.7. The van der Waals surface area contributed by atoms with Crippen LogP contribution in [0.2, 0.25) is 5.02 Å². The van der Waals surface area contributed by atoms with E-state index in [1.54, 1.807) is 43.3 Å². The molecular formula is C24H26ClN3O5S. The molecule has 0 spiro atoms. The van der Waals surface area contributed by atoms with Crippen molar-refractivity contribution in [2.45, 2.75) is 32.9 Å². The maximum absolute atomic E-state index is 13.6. The van der Waals surface area contributed by atoms with Crippen molar-refractivity contribution in [3.8, 4) is 11.5 Å². The summed E-state index contributed by atoms with van der Waals surface area (Å²) in [5, 5.41) is 9.69.